The van der Waals surface area contributed by atoms with E-state index < -0.39 is 0 Å². The molecule has 0 aliphatic rings. The van der Waals surface area contributed by atoms with Crippen molar-refractivity contribution < 1.29 is 4.39 Å². The highest BCUT2D eigenvalue weighted by atomic mass is 79.9. The normalized spacial score (nSPS) is 11.2. The Kier molecular flexibility index (Phi) is 3.22. The SMILES string of the molecule is Cc1nc(Cl)c2nnc(-c3cc(F)cc(Br)c3)n2c1C. The van der Waals surface area contributed by atoms with Gasteiger partial charge in [-0.05, 0) is 32.0 Å². The van der Waals surface area contributed by atoms with Crippen molar-refractivity contribution in [2.75, 3.05) is 0 Å². The lowest BCUT2D eigenvalue weighted by Crippen LogP contribution is -2.01. The van der Waals surface area contributed by atoms with E-state index in [2.05, 4.69) is 31.1 Å². The van der Waals surface area contributed by atoms with Crippen molar-refractivity contribution in [3.05, 3.63) is 45.0 Å². The lowest BCUT2D eigenvalue weighted by Gasteiger charge is -2.07. The molecule has 0 bridgehead atoms. The fraction of sp³-hybridized carbons (Fsp3) is 0.154. The average Bonchev–Trinajstić information content (AvgIpc) is 2.80. The molecule has 4 nitrogen and oxygen atoms in total. The van der Waals surface area contributed by atoms with E-state index in [9.17, 15) is 4.39 Å². The first-order valence-corrected chi connectivity index (χ1v) is 6.99. The summed E-state index contributed by atoms with van der Waals surface area (Å²) < 4.78 is 16.0. The molecule has 0 radical (unpaired) electrons. The molecule has 0 saturated carbocycles. The second kappa shape index (κ2) is 4.79. The van der Waals surface area contributed by atoms with Crippen molar-refractivity contribution in [1.29, 1.82) is 0 Å². The number of nitrogens with zero attached hydrogens (tertiary/aromatic N) is 4. The van der Waals surface area contributed by atoms with Crippen molar-refractivity contribution in [3.8, 4) is 11.4 Å². The molecule has 2 heterocycles. The molecule has 102 valence electrons. The van der Waals surface area contributed by atoms with Crippen LogP contribution >= 0.6 is 27.5 Å². The van der Waals surface area contributed by atoms with Crippen molar-refractivity contribution in [3.63, 3.8) is 0 Å². The standard InChI is InChI=1S/C13H9BrClFN4/c1-6-7(2)20-12(18-19-13(20)11(15)17-6)8-3-9(14)5-10(16)4-8/h3-5H,1-2H3. The molecule has 7 heteroatoms. The van der Waals surface area contributed by atoms with Crippen LogP contribution in [0.25, 0.3) is 17.0 Å². The molecule has 0 fully saturated rings. The maximum atomic E-state index is 13.6. The van der Waals surface area contributed by atoms with E-state index in [0.717, 1.165) is 11.4 Å². The number of hydrogen-bond donors (Lipinski definition) is 0. The molecule has 0 aliphatic heterocycles. The van der Waals surface area contributed by atoms with Gasteiger partial charge in [-0.2, -0.15) is 0 Å². The van der Waals surface area contributed by atoms with Crippen LogP contribution in [0.1, 0.15) is 11.4 Å². The molecule has 0 spiro atoms. The summed E-state index contributed by atoms with van der Waals surface area (Å²) >= 11 is 9.35. The summed E-state index contributed by atoms with van der Waals surface area (Å²) in [5.41, 5.74) is 2.73. The number of aryl methyl sites for hydroxylation is 2. The molecule has 0 saturated heterocycles. The van der Waals surface area contributed by atoms with E-state index in [-0.39, 0.29) is 11.0 Å². The first kappa shape index (κ1) is 13.5. The van der Waals surface area contributed by atoms with Crippen LogP contribution in [0.4, 0.5) is 4.39 Å². The summed E-state index contributed by atoms with van der Waals surface area (Å²) in [7, 11) is 0. The van der Waals surface area contributed by atoms with Gasteiger partial charge >= 0.3 is 0 Å². The van der Waals surface area contributed by atoms with E-state index >= 15 is 0 Å². The van der Waals surface area contributed by atoms with Crippen molar-refractivity contribution in [2.24, 2.45) is 0 Å². The van der Waals surface area contributed by atoms with Crippen LogP contribution in [0.2, 0.25) is 5.15 Å². The van der Waals surface area contributed by atoms with Crippen LogP contribution in [-0.2, 0) is 0 Å². The quantitative estimate of drug-likeness (QED) is 0.663. The van der Waals surface area contributed by atoms with E-state index in [1.54, 1.807) is 10.5 Å². The molecule has 1 aromatic carbocycles. The number of fused-ring (bicyclic) bond motifs is 1. The molecule has 0 amide bonds. The molecular formula is C13H9BrClFN4. The molecule has 2 aromatic heterocycles. The molecule has 3 rings (SSSR count). The summed E-state index contributed by atoms with van der Waals surface area (Å²) in [4.78, 5) is 4.20. The monoisotopic (exact) mass is 354 g/mol. The number of aromatic nitrogens is 4. The lowest BCUT2D eigenvalue weighted by atomic mass is 10.2. The zero-order valence-electron chi connectivity index (χ0n) is 10.7. The maximum Gasteiger partial charge on any atom is 0.199 e. The Bertz CT molecular complexity index is 811. The van der Waals surface area contributed by atoms with Gasteiger partial charge in [-0.15, -0.1) is 10.2 Å². The number of benzene rings is 1. The topological polar surface area (TPSA) is 43.1 Å². The molecule has 3 aromatic rings. The molecule has 0 unspecified atom stereocenters. The second-order valence-corrected chi connectivity index (χ2v) is 5.69. The first-order chi connectivity index (χ1) is 9.47. The predicted octanol–water partition coefficient (Wildman–Crippen LogP) is 3.96. The van der Waals surface area contributed by atoms with Gasteiger partial charge in [0.05, 0.1) is 5.69 Å². The smallest absolute Gasteiger partial charge is 0.199 e. The zero-order valence-corrected chi connectivity index (χ0v) is 13.0. The van der Waals surface area contributed by atoms with Gasteiger partial charge in [-0.3, -0.25) is 4.40 Å². The third-order valence-corrected chi connectivity index (χ3v) is 3.80. The van der Waals surface area contributed by atoms with Crippen LogP contribution in [0.5, 0.6) is 0 Å². The third-order valence-electron chi connectivity index (χ3n) is 3.09. The Morgan fingerprint density at radius 3 is 2.65 bits per heavy atom. The minimum absolute atomic E-state index is 0.280. The lowest BCUT2D eigenvalue weighted by molar-refractivity contribution is 0.627. The molecule has 0 atom stereocenters. The Hall–Kier alpha value is -1.53. The summed E-state index contributed by atoms with van der Waals surface area (Å²) in [6, 6.07) is 4.58. The van der Waals surface area contributed by atoms with Gasteiger partial charge in [-0.25, -0.2) is 9.37 Å². The van der Waals surface area contributed by atoms with Crippen LogP contribution < -0.4 is 0 Å². The Labute approximate surface area is 127 Å². The summed E-state index contributed by atoms with van der Waals surface area (Å²) in [5, 5.41) is 8.43. The minimum Gasteiger partial charge on any atom is -0.275 e. The fourth-order valence-electron chi connectivity index (χ4n) is 2.05. The van der Waals surface area contributed by atoms with Gasteiger partial charge in [0.1, 0.15) is 5.82 Å². The number of hydrogen-bond acceptors (Lipinski definition) is 3. The van der Waals surface area contributed by atoms with E-state index in [0.29, 0.717) is 21.5 Å². The minimum atomic E-state index is -0.347. The highest BCUT2D eigenvalue weighted by molar-refractivity contribution is 9.10. The van der Waals surface area contributed by atoms with Gasteiger partial charge in [0.15, 0.2) is 16.6 Å². The predicted molar refractivity (Wildman–Crippen MR) is 78.4 cm³/mol. The van der Waals surface area contributed by atoms with E-state index in [1.165, 1.54) is 12.1 Å². The Balaban J connectivity index is 2.37. The van der Waals surface area contributed by atoms with Crippen molar-refractivity contribution in [2.45, 2.75) is 13.8 Å². The van der Waals surface area contributed by atoms with Gasteiger partial charge in [0.2, 0.25) is 0 Å². The van der Waals surface area contributed by atoms with Crippen LogP contribution in [-0.4, -0.2) is 19.6 Å². The second-order valence-electron chi connectivity index (χ2n) is 4.41. The number of halogens is 3. The highest BCUT2D eigenvalue weighted by Gasteiger charge is 2.16. The highest BCUT2D eigenvalue weighted by Crippen LogP contribution is 2.27. The Morgan fingerprint density at radius 2 is 1.95 bits per heavy atom. The fourth-order valence-corrected chi connectivity index (χ4v) is 2.76. The van der Waals surface area contributed by atoms with Crippen molar-refractivity contribution >= 4 is 33.2 Å². The summed E-state index contributed by atoms with van der Waals surface area (Å²) in [6.07, 6.45) is 0. The average molecular weight is 356 g/mol. The van der Waals surface area contributed by atoms with Gasteiger partial charge in [0.25, 0.3) is 0 Å². The van der Waals surface area contributed by atoms with Gasteiger partial charge in [-0.1, -0.05) is 27.5 Å². The summed E-state index contributed by atoms with van der Waals surface area (Å²) in [6.45, 7) is 3.75. The zero-order chi connectivity index (χ0) is 14.4. The summed E-state index contributed by atoms with van der Waals surface area (Å²) in [5.74, 6) is 0.186. The third kappa shape index (κ3) is 2.09. The van der Waals surface area contributed by atoms with E-state index in [1.807, 2.05) is 13.8 Å². The molecule has 0 aliphatic carbocycles. The van der Waals surface area contributed by atoms with Crippen LogP contribution in [0.15, 0.2) is 22.7 Å². The first-order valence-electron chi connectivity index (χ1n) is 5.81. The van der Waals surface area contributed by atoms with Gasteiger partial charge < -0.3 is 0 Å². The maximum absolute atomic E-state index is 13.6. The molecular weight excluding hydrogens is 347 g/mol. The molecule has 20 heavy (non-hydrogen) atoms. The largest absolute Gasteiger partial charge is 0.275 e. The van der Waals surface area contributed by atoms with E-state index in [4.69, 9.17) is 11.6 Å². The number of rotatable bonds is 1. The Morgan fingerprint density at radius 1 is 1.20 bits per heavy atom. The molecule has 0 N–H and O–H groups in total. The van der Waals surface area contributed by atoms with Crippen LogP contribution in [0.3, 0.4) is 0 Å². The van der Waals surface area contributed by atoms with Crippen molar-refractivity contribution in [1.82, 2.24) is 19.6 Å². The van der Waals surface area contributed by atoms with Crippen LogP contribution in [0, 0.1) is 19.7 Å². The van der Waals surface area contributed by atoms with Gasteiger partial charge in [0, 0.05) is 15.7 Å².